The molecule has 0 unspecified atom stereocenters. The third kappa shape index (κ3) is 4.48. The lowest BCUT2D eigenvalue weighted by atomic mass is 9.89. The Balaban J connectivity index is 1.46. The molecule has 0 aliphatic carbocycles. The van der Waals surface area contributed by atoms with Gasteiger partial charge in [-0.2, -0.15) is 0 Å². The van der Waals surface area contributed by atoms with Crippen LogP contribution in [0.25, 0.3) is 0 Å². The lowest BCUT2D eigenvalue weighted by molar-refractivity contribution is -0.132. The number of para-hydroxylation sites is 1. The van der Waals surface area contributed by atoms with Crippen molar-refractivity contribution < 1.29 is 9.18 Å². The highest BCUT2D eigenvalue weighted by Gasteiger charge is 2.30. The molecule has 3 aromatic rings. The van der Waals surface area contributed by atoms with E-state index in [1.54, 1.807) is 12.1 Å². The number of likely N-dealkylation sites (tertiary alicyclic amines) is 1. The second-order valence-electron chi connectivity index (χ2n) is 7.48. The standard InChI is InChI=1S/C25H25FN2O/c26-22-13-7-8-14-23(22)27-21-15-17-28(18-16-21)25(29)24(19-9-3-1-4-10-19)20-11-5-2-6-12-20/h1-14,21,24,27H,15-18H2. The lowest BCUT2D eigenvalue weighted by Gasteiger charge is -2.35. The van der Waals surface area contributed by atoms with E-state index < -0.39 is 0 Å². The molecular formula is C25H25FN2O. The number of carbonyl (C=O) groups is 1. The Morgan fingerprint density at radius 1 is 0.828 bits per heavy atom. The smallest absolute Gasteiger partial charge is 0.234 e. The molecule has 1 fully saturated rings. The SMILES string of the molecule is O=C(C(c1ccccc1)c1ccccc1)N1CCC(Nc2ccccc2F)CC1. The summed E-state index contributed by atoms with van der Waals surface area (Å²) in [6, 6.07) is 26.8. The van der Waals surface area contributed by atoms with Crippen molar-refractivity contribution in [2.75, 3.05) is 18.4 Å². The molecule has 1 amide bonds. The highest BCUT2D eigenvalue weighted by molar-refractivity contribution is 5.87. The van der Waals surface area contributed by atoms with Gasteiger partial charge in [0.25, 0.3) is 0 Å². The van der Waals surface area contributed by atoms with Crippen molar-refractivity contribution in [2.45, 2.75) is 24.8 Å². The van der Waals surface area contributed by atoms with Gasteiger partial charge in [-0.15, -0.1) is 0 Å². The molecule has 4 heteroatoms. The van der Waals surface area contributed by atoms with Gasteiger partial charge < -0.3 is 10.2 Å². The number of rotatable bonds is 5. The second-order valence-corrected chi connectivity index (χ2v) is 7.48. The summed E-state index contributed by atoms with van der Waals surface area (Å²) in [6.45, 7) is 1.34. The van der Waals surface area contributed by atoms with Crippen LogP contribution in [0, 0.1) is 5.82 Å². The van der Waals surface area contributed by atoms with Crippen LogP contribution in [-0.4, -0.2) is 29.9 Å². The molecule has 0 bridgehead atoms. The van der Waals surface area contributed by atoms with Gasteiger partial charge >= 0.3 is 0 Å². The number of nitrogens with zero attached hydrogens (tertiary/aromatic N) is 1. The number of hydrogen-bond donors (Lipinski definition) is 1. The lowest BCUT2D eigenvalue weighted by Crippen LogP contribution is -2.44. The Bertz CT molecular complexity index is 898. The number of amides is 1. The summed E-state index contributed by atoms with van der Waals surface area (Å²) in [6.07, 6.45) is 1.60. The molecule has 1 saturated heterocycles. The summed E-state index contributed by atoms with van der Waals surface area (Å²) in [5.74, 6) is -0.403. The average Bonchev–Trinajstić information content (AvgIpc) is 2.77. The van der Waals surface area contributed by atoms with E-state index >= 15 is 0 Å². The van der Waals surface area contributed by atoms with Gasteiger partial charge in [0, 0.05) is 19.1 Å². The maximum absolute atomic E-state index is 13.9. The highest BCUT2D eigenvalue weighted by atomic mass is 19.1. The number of benzene rings is 3. The van der Waals surface area contributed by atoms with Gasteiger partial charge in [-0.05, 0) is 36.1 Å². The third-order valence-electron chi connectivity index (χ3n) is 5.55. The Labute approximate surface area is 171 Å². The maximum Gasteiger partial charge on any atom is 0.234 e. The number of halogens is 1. The fourth-order valence-corrected chi connectivity index (χ4v) is 3.99. The first kappa shape index (κ1) is 19.2. The largest absolute Gasteiger partial charge is 0.380 e. The van der Waals surface area contributed by atoms with E-state index in [-0.39, 0.29) is 23.7 Å². The van der Waals surface area contributed by atoms with E-state index in [1.807, 2.05) is 71.6 Å². The van der Waals surface area contributed by atoms with Crippen molar-refractivity contribution >= 4 is 11.6 Å². The van der Waals surface area contributed by atoms with Gasteiger partial charge in [-0.25, -0.2) is 4.39 Å². The van der Waals surface area contributed by atoms with E-state index in [0.717, 1.165) is 24.0 Å². The molecule has 1 heterocycles. The van der Waals surface area contributed by atoms with Crippen LogP contribution in [0.2, 0.25) is 0 Å². The van der Waals surface area contributed by atoms with E-state index in [4.69, 9.17) is 0 Å². The monoisotopic (exact) mass is 388 g/mol. The van der Waals surface area contributed by atoms with Crippen LogP contribution in [-0.2, 0) is 4.79 Å². The second kappa shape index (κ2) is 8.91. The minimum Gasteiger partial charge on any atom is -0.380 e. The molecule has 0 radical (unpaired) electrons. The summed E-state index contributed by atoms with van der Waals surface area (Å²) in [5, 5.41) is 3.29. The summed E-state index contributed by atoms with van der Waals surface area (Å²) in [5.41, 5.74) is 2.55. The first-order chi connectivity index (χ1) is 14.2. The van der Waals surface area contributed by atoms with Crippen LogP contribution in [0.3, 0.4) is 0 Å². The summed E-state index contributed by atoms with van der Waals surface area (Å²) >= 11 is 0. The zero-order valence-corrected chi connectivity index (χ0v) is 16.3. The normalized spacial score (nSPS) is 14.8. The van der Waals surface area contributed by atoms with Gasteiger partial charge in [0.05, 0.1) is 11.6 Å². The van der Waals surface area contributed by atoms with Gasteiger partial charge in [0.15, 0.2) is 0 Å². The quantitative estimate of drug-likeness (QED) is 0.663. The summed E-state index contributed by atoms with van der Waals surface area (Å²) < 4.78 is 13.9. The molecule has 0 atom stereocenters. The van der Waals surface area contributed by atoms with Crippen LogP contribution in [0.15, 0.2) is 84.9 Å². The predicted octanol–water partition coefficient (Wildman–Crippen LogP) is 5.06. The van der Waals surface area contributed by atoms with Crippen LogP contribution in [0.1, 0.15) is 29.9 Å². The minimum atomic E-state index is -0.298. The fraction of sp³-hybridized carbons (Fsp3) is 0.240. The summed E-state index contributed by atoms with van der Waals surface area (Å²) in [7, 11) is 0. The summed E-state index contributed by atoms with van der Waals surface area (Å²) in [4.78, 5) is 15.4. The zero-order valence-electron chi connectivity index (χ0n) is 16.3. The molecular weight excluding hydrogens is 363 g/mol. The molecule has 1 N–H and O–H groups in total. The van der Waals surface area contributed by atoms with Crippen LogP contribution >= 0.6 is 0 Å². The molecule has 0 aromatic heterocycles. The molecule has 148 valence electrons. The highest BCUT2D eigenvalue weighted by Crippen LogP contribution is 2.28. The maximum atomic E-state index is 13.9. The van der Waals surface area contributed by atoms with Crippen molar-refractivity contribution in [2.24, 2.45) is 0 Å². The van der Waals surface area contributed by atoms with Crippen molar-refractivity contribution in [1.82, 2.24) is 4.90 Å². The Morgan fingerprint density at radius 2 is 1.34 bits per heavy atom. The predicted molar refractivity (Wildman–Crippen MR) is 114 cm³/mol. The van der Waals surface area contributed by atoms with Gasteiger partial charge in [0.1, 0.15) is 5.82 Å². The number of piperidine rings is 1. The average molecular weight is 388 g/mol. The molecule has 1 aliphatic rings. The van der Waals surface area contributed by atoms with E-state index in [9.17, 15) is 9.18 Å². The number of hydrogen-bond acceptors (Lipinski definition) is 2. The topological polar surface area (TPSA) is 32.3 Å². The zero-order chi connectivity index (χ0) is 20.1. The number of carbonyl (C=O) groups excluding carboxylic acids is 1. The molecule has 1 aliphatic heterocycles. The molecule has 4 rings (SSSR count). The van der Waals surface area contributed by atoms with Crippen LogP contribution in [0.4, 0.5) is 10.1 Å². The van der Waals surface area contributed by atoms with Crippen LogP contribution in [0.5, 0.6) is 0 Å². The van der Waals surface area contributed by atoms with E-state index in [1.165, 1.54) is 6.07 Å². The Morgan fingerprint density at radius 3 is 1.90 bits per heavy atom. The Hall–Kier alpha value is -3.14. The van der Waals surface area contributed by atoms with Crippen molar-refractivity contribution in [3.05, 3.63) is 102 Å². The molecule has 0 spiro atoms. The molecule has 29 heavy (non-hydrogen) atoms. The van der Waals surface area contributed by atoms with Crippen molar-refractivity contribution in [3.8, 4) is 0 Å². The Kier molecular flexibility index (Phi) is 5.89. The molecule has 0 saturated carbocycles. The van der Waals surface area contributed by atoms with E-state index in [2.05, 4.69) is 5.32 Å². The van der Waals surface area contributed by atoms with Crippen LogP contribution < -0.4 is 5.32 Å². The number of nitrogens with one attached hydrogen (secondary N) is 1. The third-order valence-corrected chi connectivity index (χ3v) is 5.55. The first-order valence-corrected chi connectivity index (χ1v) is 10.1. The van der Waals surface area contributed by atoms with E-state index in [0.29, 0.717) is 18.8 Å². The van der Waals surface area contributed by atoms with Gasteiger partial charge in [0.2, 0.25) is 5.91 Å². The number of anilines is 1. The molecule has 3 aromatic carbocycles. The minimum absolute atomic E-state index is 0.131. The van der Waals surface area contributed by atoms with Crippen molar-refractivity contribution in [3.63, 3.8) is 0 Å². The van der Waals surface area contributed by atoms with Gasteiger partial charge in [-0.1, -0.05) is 72.8 Å². The van der Waals surface area contributed by atoms with Crippen molar-refractivity contribution in [1.29, 1.82) is 0 Å². The first-order valence-electron chi connectivity index (χ1n) is 10.1. The molecule has 3 nitrogen and oxygen atoms in total. The fourth-order valence-electron chi connectivity index (χ4n) is 3.99. The van der Waals surface area contributed by atoms with Gasteiger partial charge in [-0.3, -0.25) is 4.79 Å².